The number of anilines is 1. The Morgan fingerprint density at radius 1 is 1.37 bits per heavy atom. The molecule has 1 amide bonds. The fourth-order valence-corrected chi connectivity index (χ4v) is 2.25. The van der Waals surface area contributed by atoms with Gasteiger partial charge in [-0.3, -0.25) is 9.59 Å². The van der Waals surface area contributed by atoms with E-state index in [1.807, 2.05) is 6.92 Å². The van der Waals surface area contributed by atoms with E-state index in [9.17, 15) is 9.59 Å². The first kappa shape index (κ1) is 13.6. The number of amides is 1. The fraction of sp³-hybridized carbons (Fsp3) is 0.467. The number of Topliss-reactive ketones (excluding diaryl/α,β-unsaturated/α-hetero) is 1. The van der Waals surface area contributed by atoms with Crippen molar-refractivity contribution >= 4 is 17.4 Å². The Labute approximate surface area is 113 Å². The van der Waals surface area contributed by atoms with Crippen LogP contribution in [0.3, 0.4) is 0 Å². The molecule has 0 N–H and O–H groups in total. The summed E-state index contributed by atoms with van der Waals surface area (Å²) in [5.74, 6) is 0.605. The van der Waals surface area contributed by atoms with Gasteiger partial charge in [-0.1, -0.05) is 6.92 Å². The molecule has 0 radical (unpaired) electrons. The lowest BCUT2D eigenvalue weighted by Crippen LogP contribution is -2.50. The summed E-state index contributed by atoms with van der Waals surface area (Å²) < 4.78 is 5.73. The zero-order chi connectivity index (χ0) is 14.2. The fourth-order valence-electron chi connectivity index (χ4n) is 2.25. The Morgan fingerprint density at radius 2 is 2.05 bits per heavy atom. The van der Waals surface area contributed by atoms with Crippen molar-refractivity contribution < 1.29 is 14.3 Å². The second-order valence-corrected chi connectivity index (χ2v) is 5.33. The van der Waals surface area contributed by atoms with E-state index in [0.29, 0.717) is 23.4 Å². The first-order valence-corrected chi connectivity index (χ1v) is 6.51. The molecule has 1 aliphatic heterocycles. The Bertz CT molecular complexity index is 534. The third-order valence-electron chi connectivity index (χ3n) is 3.30. The molecule has 1 aromatic carbocycles. The molecule has 0 spiro atoms. The predicted octanol–water partition coefficient (Wildman–Crippen LogP) is 2.80. The van der Waals surface area contributed by atoms with Crippen LogP contribution in [0.2, 0.25) is 0 Å². The molecule has 1 aromatic rings. The van der Waals surface area contributed by atoms with E-state index in [2.05, 4.69) is 0 Å². The number of fused-ring (bicyclic) bond motifs is 1. The number of carbonyl (C=O) groups excluding carboxylic acids is 2. The van der Waals surface area contributed by atoms with Crippen LogP contribution in [0.25, 0.3) is 0 Å². The van der Waals surface area contributed by atoms with Crippen molar-refractivity contribution in [1.82, 2.24) is 0 Å². The molecule has 4 heteroatoms. The van der Waals surface area contributed by atoms with Crippen molar-refractivity contribution in [2.45, 2.75) is 39.2 Å². The minimum atomic E-state index is -0.895. The third kappa shape index (κ3) is 2.35. The molecule has 19 heavy (non-hydrogen) atoms. The molecule has 0 saturated carbocycles. The first-order chi connectivity index (χ1) is 8.86. The minimum absolute atomic E-state index is 0.0902. The van der Waals surface area contributed by atoms with Crippen molar-refractivity contribution in [3.05, 3.63) is 23.8 Å². The highest BCUT2D eigenvalue weighted by molar-refractivity contribution is 6.03. The van der Waals surface area contributed by atoms with Crippen LogP contribution in [0.4, 0.5) is 5.69 Å². The Balaban J connectivity index is 2.41. The SMILES string of the molecule is CCCC(=O)c1ccc2c(c1)OC(C)(C)C(=O)N2C. The zero-order valence-corrected chi connectivity index (χ0v) is 11.8. The second-order valence-electron chi connectivity index (χ2n) is 5.33. The molecule has 2 rings (SSSR count). The third-order valence-corrected chi connectivity index (χ3v) is 3.30. The molecule has 0 saturated heterocycles. The van der Waals surface area contributed by atoms with E-state index in [1.165, 1.54) is 0 Å². The number of ketones is 1. The van der Waals surface area contributed by atoms with Crippen molar-refractivity contribution in [3.63, 3.8) is 0 Å². The average molecular weight is 261 g/mol. The summed E-state index contributed by atoms with van der Waals surface area (Å²) in [5.41, 5.74) is 0.449. The van der Waals surface area contributed by atoms with Crippen LogP contribution in [-0.4, -0.2) is 24.3 Å². The molecule has 0 aliphatic carbocycles. The molecule has 102 valence electrons. The molecular weight excluding hydrogens is 242 g/mol. The maximum atomic E-state index is 12.1. The highest BCUT2D eigenvalue weighted by atomic mass is 16.5. The lowest BCUT2D eigenvalue weighted by atomic mass is 10.0. The molecule has 1 aliphatic rings. The van der Waals surface area contributed by atoms with Crippen LogP contribution >= 0.6 is 0 Å². The molecule has 0 unspecified atom stereocenters. The normalized spacial score (nSPS) is 16.8. The molecule has 0 atom stereocenters. The van der Waals surface area contributed by atoms with E-state index in [4.69, 9.17) is 4.74 Å². The number of nitrogens with zero attached hydrogens (tertiary/aromatic N) is 1. The summed E-state index contributed by atoms with van der Waals surface area (Å²) in [7, 11) is 1.72. The number of rotatable bonds is 3. The van der Waals surface area contributed by atoms with Crippen LogP contribution in [0.15, 0.2) is 18.2 Å². The lowest BCUT2D eigenvalue weighted by molar-refractivity contribution is -0.132. The van der Waals surface area contributed by atoms with Crippen LogP contribution in [0, 0.1) is 0 Å². The summed E-state index contributed by atoms with van der Waals surface area (Å²) in [5, 5.41) is 0. The number of benzene rings is 1. The van der Waals surface area contributed by atoms with E-state index in [-0.39, 0.29) is 11.7 Å². The van der Waals surface area contributed by atoms with Crippen LogP contribution in [0.1, 0.15) is 44.0 Å². The molecular formula is C15H19NO3. The van der Waals surface area contributed by atoms with E-state index in [1.54, 1.807) is 44.0 Å². The number of ether oxygens (including phenoxy) is 1. The highest BCUT2D eigenvalue weighted by Crippen LogP contribution is 2.37. The summed E-state index contributed by atoms with van der Waals surface area (Å²) in [4.78, 5) is 25.5. The van der Waals surface area contributed by atoms with Gasteiger partial charge in [0.25, 0.3) is 5.91 Å². The van der Waals surface area contributed by atoms with Gasteiger partial charge in [0.05, 0.1) is 5.69 Å². The van der Waals surface area contributed by atoms with E-state index >= 15 is 0 Å². The van der Waals surface area contributed by atoms with Gasteiger partial charge < -0.3 is 9.64 Å². The summed E-state index contributed by atoms with van der Waals surface area (Å²) in [6, 6.07) is 5.26. The Hall–Kier alpha value is -1.84. The molecule has 0 fully saturated rings. The summed E-state index contributed by atoms with van der Waals surface area (Å²) in [6.45, 7) is 5.44. The van der Waals surface area contributed by atoms with Gasteiger partial charge in [0.2, 0.25) is 0 Å². The van der Waals surface area contributed by atoms with Crippen molar-refractivity contribution in [2.24, 2.45) is 0 Å². The van der Waals surface area contributed by atoms with Gasteiger partial charge in [0, 0.05) is 19.0 Å². The summed E-state index contributed by atoms with van der Waals surface area (Å²) in [6.07, 6.45) is 1.34. The molecule has 0 aromatic heterocycles. The van der Waals surface area contributed by atoms with Gasteiger partial charge in [0.1, 0.15) is 5.75 Å². The van der Waals surface area contributed by atoms with Gasteiger partial charge in [0.15, 0.2) is 11.4 Å². The van der Waals surface area contributed by atoms with Crippen LogP contribution in [-0.2, 0) is 4.79 Å². The van der Waals surface area contributed by atoms with Gasteiger partial charge in [-0.2, -0.15) is 0 Å². The van der Waals surface area contributed by atoms with Crippen molar-refractivity contribution in [1.29, 1.82) is 0 Å². The number of likely N-dealkylation sites (N-methyl/N-ethyl adjacent to an activating group) is 1. The lowest BCUT2D eigenvalue weighted by Gasteiger charge is -2.37. The van der Waals surface area contributed by atoms with Gasteiger partial charge in [-0.15, -0.1) is 0 Å². The van der Waals surface area contributed by atoms with Gasteiger partial charge >= 0.3 is 0 Å². The van der Waals surface area contributed by atoms with Crippen LogP contribution < -0.4 is 9.64 Å². The van der Waals surface area contributed by atoms with E-state index < -0.39 is 5.60 Å². The molecule has 0 bridgehead atoms. The molecule has 4 nitrogen and oxygen atoms in total. The van der Waals surface area contributed by atoms with Crippen molar-refractivity contribution in [3.8, 4) is 5.75 Å². The zero-order valence-electron chi connectivity index (χ0n) is 11.8. The van der Waals surface area contributed by atoms with Crippen molar-refractivity contribution in [2.75, 3.05) is 11.9 Å². The number of hydrogen-bond acceptors (Lipinski definition) is 3. The smallest absolute Gasteiger partial charge is 0.270 e. The Morgan fingerprint density at radius 3 is 2.68 bits per heavy atom. The van der Waals surface area contributed by atoms with Gasteiger partial charge in [-0.05, 0) is 38.5 Å². The number of hydrogen-bond donors (Lipinski definition) is 0. The minimum Gasteiger partial charge on any atom is -0.476 e. The largest absolute Gasteiger partial charge is 0.476 e. The maximum Gasteiger partial charge on any atom is 0.270 e. The van der Waals surface area contributed by atoms with Gasteiger partial charge in [-0.25, -0.2) is 0 Å². The standard InChI is InChI=1S/C15H19NO3/c1-5-6-12(17)10-7-8-11-13(9-10)19-15(2,3)14(18)16(11)4/h7-9H,5-6H2,1-4H3. The predicted molar refractivity (Wildman–Crippen MR) is 73.8 cm³/mol. The number of carbonyl (C=O) groups is 2. The maximum absolute atomic E-state index is 12.1. The topological polar surface area (TPSA) is 46.6 Å². The Kier molecular flexibility index (Phi) is 3.35. The first-order valence-electron chi connectivity index (χ1n) is 6.51. The highest BCUT2D eigenvalue weighted by Gasteiger charge is 2.39. The molecule has 1 heterocycles. The quantitative estimate of drug-likeness (QED) is 0.786. The average Bonchev–Trinajstić information content (AvgIpc) is 2.35. The second kappa shape index (κ2) is 4.68. The monoisotopic (exact) mass is 261 g/mol. The van der Waals surface area contributed by atoms with Crippen LogP contribution in [0.5, 0.6) is 5.75 Å². The summed E-state index contributed by atoms with van der Waals surface area (Å²) >= 11 is 0. The van der Waals surface area contributed by atoms with E-state index in [0.717, 1.165) is 6.42 Å².